The summed E-state index contributed by atoms with van der Waals surface area (Å²) < 4.78 is 10.3. The van der Waals surface area contributed by atoms with E-state index in [9.17, 15) is 0 Å². The van der Waals surface area contributed by atoms with Gasteiger partial charge in [-0.15, -0.1) is 24.3 Å². The van der Waals surface area contributed by atoms with Crippen molar-refractivity contribution >= 4 is 0 Å². The number of benzene rings is 2. The standard InChI is InChI=1S/C14H12O2.2Li/c1-15-13-7-3-5-11(9-13)12-6-4-8-14(10-12)16-2;;/h3-4,7-10H,1-2H3;;/q-2;2*+1. The summed E-state index contributed by atoms with van der Waals surface area (Å²) in [5.74, 6) is 1.62. The molecule has 2 aromatic carbocycles. The van der Waals surface area contributed by atoms with E-state index in [1.54, 1.807) is 14.2 Å². The van der Waals surface area contributed by atoms with Crippen molar-refractivity contribution in [2.75, 3.05) is 14.2 Å². The van der Waals surface area contributed by atoms with Crippen LogP contribution in [0, 0.1) is 12.1 Å². The third kappa shape index (κ3) is 4.16. The van der Waals surface area contributed by atoms with Gasteiger partial charge in [-0.05, 0) is 0 Å². The van der Waals surface area contributed by atoms with Gasteiger partial charge in [-0.3, -0.25) is 0 Å². The number of ether oxygens (including phenoxy) is 2. The number of rotatable bonds is 3. The van der Waals surface area contributed by atoms with E-state index >= 15 is 0 Å². The number of hydrogen-bond donors (Lipinski definition) is 0. The molecule has 0 aliphatic carbocycles. The first kappa shape index (κ1) is 17.2. The maximum absolute atomic E-state index is 5.17. The predicted molar refractivity (Wildman–Crippen MR) is 62.7 cm³/mol. The fraction of sp³-hybridized carbons (Fsp3) is 0.143. The molecular weight excluding hydrogens is 214 g/mol. The summed E-state index contributed by atoms with van der Waals surface area (Å²) in [6, 6.07) is 17.5. The zero-order valence-electron chi connectivity index (χ0n) is 11.3. The van der Waals surface area contributed by atoms with Gasteiger partial charge >= 0.3 is 37.7 Å². The van der Waals surface area contributed by atoms with Crippen molar-refractivity contribution in [2.45, 2.75) is 0 Å². The molecule has 0 saturated carbocycles. The molecule has 0 spiro atoms. The molecule has 2 aromatic rings. The summed E-state index contributed by atoms with van der Waals surface area (Å²) >= 11 is 0. The van der Waals surface area contributed by atoms with Crippen molar-refractivity contribution < 1.29 is 47.2 Å². The predicted octanol–water partition coefficient (Wildman–Crippen LogP) is -3.02. The summed E-state index contributed by atoms with van der Waals surface area (Å²) in [7, 11) is 3.29. The fourth-order valence-electron chi connectivity index (χ4n) is 1.46. The average Bonchev–Trinajstić information content (AvgIpc) is 2.39. The second-order valence-corrected chi connectivity index (χ2v) is 3.28. The molecule has 0 aromatic heterocycles. The van der Waals surface area contributed by atoms with Crippen molar-refractivity contribution in [1.82, 2.24) is 0 Å². The third-order valence-corrected chi connectivity index (χ3v) is 2.31. The Balaban J connectivity index is 0.00000144. The molecule has 0 aliphatic rings. The molecular formula is C14H12Li2O2. The number of methoxy groups -OCH3 is 2. The zero-order chi connectivity index (χ0) is 11.4. The normalized spacial score (nSPS) is 8.78. The van der Waals surface area contributed by atoms with Gasteiger partial charge in [0.05, 0.1) is 14.2 Å². The van der Waals surface area contributed by atoms with Crippen molar-refractivity contribution in [3.05, 3.63) is 48.5 Å². The smallest absolute Gasteiger partial charge is 0.517 e. The first-order chi connectivity index (χ1) is 7.83. The van der Waals surface area contributed by atoms with Crippen molar-refractivity contribution in [1.29, 1.82) is 0 Å². The minimum Gasteiger partial charge on any atom is -0.517 e. The molecule has 4 heteroatoms. The average molecular weight is 226 g/mol. The Kier molecular flexibility index (Phi) is 8.00. The Labute approximate surface area is 132 Å². The van der Waals surface area contributed by atoms with Gasteiger partial charge in [0.1, 0.15) is 0 Å². The second-order valence-electron chi connectivity index (χ2n) is 3.28. The van der Waals surface area contributed by atoms with Crippen LogP contribution in [0.5, 0.6) is 11.5 Å². The first-order valence-corrected chi connectivity index (χ1v) is 4.95. The van der Waals surface area contributed by atoms with Gasteiger partial charge in [-0.2, -0.15) is 24.3 Å². The van der Waals surface area contributed by atoms with Gasteiger partial charge in [0.2, 0.25) is 0 Å². The summed E-state index contributed by atoms with van der Waals surface area (Å²) in [6.07, 6.45) is 0. The molecule has 0 aliphatic heterocycles. The second kappa shape index (κ2) is 8.36. The Hall–Kier alpha value is -0.765. The largest absolute Gasteiger partial charge is 1.00 e. The van der Waals surface area contributed by atoms with Crippen LogP contribution in [0.25, 0.3) is 11.1 Å². The van der Waals surface area contributed by atoms with Gasteiger partial charge in [0.15, 0.2) is 0 Å². The molecule has 0 atom stereocenters. The van der Waals surface area contributed by atoms with Gasteiger partial charge in [-0.25, -0.2) is 11.1 Å². The maximum atomic E-state index is 5.17. The van der Waals surface area contributed by atoms with Crippen LogP contribution in [0.2, 0.25) is 0 Å². The minimum atomic E-state index is 0. The van der Waals surface area contributed by atoms with E-state index in [-0.39, 0.29) is 37.7 Å². The Bertz CT molecular complexity index is 441. The summed E-state index contributed by atoms with van der Waals surface area (Å²) in [4.78, 5) is 0. The monoisotopic (exact) mass is 226 g/mol. The minimum absolute atomic E-state index is 0. The van der Waals surface area contributed by atoms with Crippen LogP contribution in [0.15, 0.2) is 36.4 Å². The molecule has 0 heterocycles. The van der Waals surface area contributed by atoms with Crippen molar-refractivity contribution in [3.8, 4) is 22.6 Å². The van der Waals surface area contributed by atoms with Crippen LogP contribution in [-0.4, -0.2) is 14.2 Å². The first-order valence-electron chi connectivity index (χ1n) is 4.95. The number of hydrogen-bond acceptors (Lipinski definition) is 2. The van der Waals surface area contributed by atoms with Crippen LogP contribution in [0.1, 0.15) is 0 Å². The summed E-state index contributed by atoms with van der Waals surface area (Å²) in [6.45, 7) is 0. The molecule has 2 rings (SSSR count). The van der Waals surface area contributed by atoms with E-state index in [0.717, 1.165) is 22.6 Å². The SMILES string of the molecule is COc1cc[c-]c(-c2[c-]ccc(OC)c2)c1.[Li+].[Li+]. The molecule has 0 fully saturated rings. The topological polar surface area (TPSA) is 18.5 Å². The van der Waals surface area contributed by atoms with Crippen LogP contribution in [-0.2, 0) is 0 Å². The molecule has 0 unspecified atom stereocenters. The van der Waals surface area contributed by atoms with E-state index in [1.165, 1.54) is 0 Å². The quantitative estimate of drug-likeness (QED) is 0.410. The van der Waals surface area contributed by atoms with Crippen molar-refractivity contribution in [3.63, 3.8) is 0 Å². The van der Waals surface area contributed by atoms with Crippen LogP contribution in [0.3, 0.4) is 0 Å². The molecule has 0 N–H and O–H groups in total. The van der Waals surface area contributed by atoms with E-state index in [4.69, 9.17) is 9.47 Å². The van der Waals surface area contributed by atoms with E-state index < -0.39 is 0 Å². The molecule has 0 radical (unpaired) electrons. The van der Waals surface area contributed by atoms with Crippen molar-refractivity contribution in [2.24, 2.45) is 0 Å². The molecule has 0 saturated heterocycles. The van der Waals surface area contributed by atoms with E-state index in [2.05, 4.69) is 12.1 Å². The molecule has 2 nitrogen and oxygen atoms in total. The summed E-state index contributed by atoms with van der Waals surface area (Å²) in [5.41, 5.74) is 1.89. The van der Waals surface area contributed by atoms with Crippen LogP contribution >= 0.6 is 0 Å². The van der Waals surface area contributed by atoms with Gasteiger partial charge in [0.25, 0.3) is 0 Å². The fourth-order valence-corrected chi connectivity index (χ4v) is 1.46. The van der Waals surface area contributed by atoms with Crippen LogP contribution in [0.4, 0.5) is 0 Å². The summed E-state index contributed by atoms with van der Waals surface area (Å²) in [5, 5.41) is 0. The van der Waals surface area contributed by atoms with Gasteiger partial charge < -0.3 is 9.47 Å². The van der Waals surface area contributed by atoms with Crippen LogP contribution < -0.4 is 47.2 Å². The van der Waals surface area contributed by atoms with Gasteiger partial charge in [0, 0.05) is 11.5 Å². The van der Waals surface area contributed by atoms with Gasteiger partial charge in [-0.1, -0.05) is 0 Å². The maximum Gasteiger partial charge on any atom is 1.00 e. The molecule has 82 valence electrons. The van der Waals surface area contributed by atoms with E-state index in [0.29, 0.717) is 0 Å². The molecule has 18 heavy (non-hydrogen) atoms. The Morgan fingerprint density at radius 3 is 1.50 bits per heavy atom. The Morgan fingerprint density at radius 2 is 1.17 bits per heavy atom. The molecule has 0 bridgehead atoms. The third-order valence-electron chi connectivity index (χ3n) is 2.31. The zero-order valence-corrected chi connectivity index (χ0v) is 11.3. The van der Waals surface area contributed by atoms with E-state index in [1.807, 2.05) is 36.4 Å². The molecule has 0 amide bonds. The Morgan fingerprint density at radius 1 is 0.778 bits per heavy atom.